The average Bonchev–Trinajstić information content (AvgIpc) is 2.61. The molecule has 25 heavy (non-hydrogen) atoms. The van der Waals surface area contributed by atoms with E-state index in [1.807, 2.05) is 0 Å². The van der Waals surface area contributed by atoms with E-state index in [0.717, 1.165) is 12.8 Å². The van der Waals surface area contributed by atoms with Crippen LogP contribution in [-0.4, -0.2) is 0 Å². The van der Waals surface area contributed by atoms with Gasteiger partial charge in [0.1, 0.15) is 0 Å². The Morgan fingerprint density at radius 1 is 1.32 bits per heavy atom. The topological polar surface area (TPSA) is 0 Å². The summed E-state index contributed by atoms with van der Waals surface area (Å²) >= 11 is 3.76. The standard InChI is InChI=1S/C24H35Br/c1-5-8-12-19-17-20(25)15-16-22(19)24-14-10-9-13-23(24)21(7-3)18(4)11-6-2/h6-8,11-12,15,18-19,21-22H,3,5,9-10,13-14,16-17H2,1-2,4H3/b11-6-,12-8-. The van der Waals surface area contributed by atoms with Crippen molar-refractivity contribution in [1.29, 1.82) is 0 Å². The Morgan fingerprint density at radius 2 is 2.08 bits per heavy atom. The summed E-state index contributed by atoms with van der Waals surface area (Å²) in [6.07, 6.45) is 22.7. The summed E-state index contributed by atoms with van der Waals surface area (Å²) in [5.74, 6) is 2.36. The number of hydrogen-bond acceptors (Lipinski definition) is 0. The highest BCUT2D eigenvalue weighted by Gasteiger charge is 2.31. The molecule has 0 saturated carbocycles. The molecular formula is C24H35Br. The maximum atomic E-state index is 4.20. The summed E-state index contributed by atoms with van der Waals surface area (Å²) < 4.78 is 1.38. The van der Waals surface area contributed by atoms with Crippen LogP contribution in [0.5, 0.6) is 0 Å². The predicted molar refractivity (Wildman–Crippen MR) is 116 cm³/mol. The Balaban J connectivity index is 2.40. The number of rotatable bonds is 7. The van der Waals surface area contributed by atoms with Gasteiger partial charge in [0.2, 0.25) is 0 Å². The van der Waals surface area contributed by atoms with Crippen molar-refractivity contribution in [2.24, 2.45) is 23.7 Å². The van der Waals surface area contributed by atoms with Gasteiger partial charge in [0.05, 0.1) is 0 Å². The molecule has 0 heterocycles. The normalized spacial score (nSPS) is 27.6. The second kappa shape index (κ2) is 10.4. The zero-order chi connectivity index (χ0) is 18.2. The van der Waals surface area contributed by atoms with E-state index in [9.17, 15) is 0 Å². The monoisotopic (exact) mass is 402 g/mol. The highest BCUT2D eigenvalue weighted by molar-refractivity contribution is 9.11. The van der Waals surface area contributed by atoms with Crippen LogP contribution in [0.1, 0.15) is 65.7 Å². The Labute approximate surface area is 164 Å². The summed E-state index contributed by atoms with van der Waals surface area (Å²) in [5, 5.41) is 0. The molecule has 4 atom stereocenters. The molecule has 0 aliphatic heterocycles. The van der Waals surface area contributed by atoms with Gasteiger partial charge < -0.3 is 0 Å². The van der Waals surface area contributed by atoms with Gasteiger partial charge in [-0.3, -0.25) is 0 Å². The fourth-order valence-corrected chi connectivity index (χ4v) is 5.21. The van der Waals surface area contributed by atoms with Crippen LogP contribution < -0.4 is 0 Å². The Hall–Kier alpha value is -0.820. The molecular weight excluding hydrogens is 368 g/mol. The van der Waals surface area contributed by atoms with Gasteiger partial charge in [0.15, 0.2) is 0 Å². The lowest BCUT2D eigenvalue weighted by atomic mass is 9.69. The predicted octanol–water partition coefficient (Wildman–Crippen LogP) is 8.14. The number of hydrogen-bond donors (Lipinski definition) is 0. The molecule has 2 aliphatic rings. The molecule has 0 spiro atoms. The molecule has 0 bridgehead atoms. The number of allylic oxidation sites excluding steroid dienone is 9. The van der Waals surface area contributed by atoms with Crippen molar-refractivity contribution in [3.05, 3.63) is 58.7 Å². The van der Waals surface area contributed by atoms with Crippen molar-refractivity contribution >= 4 is 15.9 Å². The van der Waals surface area contributed by atoms with E-state index < -0.39 is 0 Å². The summed E-state index contributed by atoms with van der Waals surface area (Å²) in [4.78, 5) is 0. The molecule has 0 aromatic heterocycles. The molecule has 4 unspecified atom stereocenters. The van der Waals surface area contributed by atoms with Crippen LogP contribution in [-0.2, 0) is 0 Å². The van der Waals surface area contributed by atoms with Gasteiger partial charge in [-0.1, -0.05) is 77.4 Å². The van der Waals surface area contributed by atoms with Gasteiger partial charge in [0, 0.05) is 5.92 Å². The molecule has 138 valence electrons. The Bertz CT molecular complexity index is 561. The fourth-order valence-electron chi connectivity index (χ4n) is 4.65. The van der Waals surface area contributed by atoms with Crippen molar-refractivity contribution in [1.82, 2.24) is 0 Å². The Morgan fingerprint density at radius 3 is 2.76 bits per heavy atom. The second-order valence-corrected chi connectivity index (χ2v) is 8.62. The third kappa shape index (κ3) is 5.33. The maximum absolute atomic E-state index is 4.20. The van der Waals surface area contributed by atoms with Crippen LogP contribution in [0.4, 0.5) is 0 Å². The highest BCUT2D eigenvalue weighted by atomic mass is 79.9. The van der Waals surface area contributed by atoms with Crippen molar-refractivity contribution in [3.8, 4) is 0 Å². The van der Waals surface area contributed by atoms with Crippen LogP contribution in [0.25, 0.3) is 0 Å². The summed E-state index contributed by atoms with van der Waals surface area (Å²) in [6.45, 7) is 10.9. The van der Waals surface area contributed by atoms with Crippen molar-refractivity contribution < 1.29 is 0 Å². The highest BCUT2D eigenvalue weighted by Crippen LogP contribution is 2.45. The third-order valence-electron chi connectivity index (χ3n) is 5.88. The number of halogens is 1. The molecule has 0 saturated heterocycles. The van der Waals surface area contributed by atoms with E-state index in [2.05, 4.69) is 79.7 Å². The van der Waals surface area contributed by atoms with Gasteiger partial charge in [0.25, 0.3) is 0 Å². The molecule has 2 rings (SSSR count). The smallest absolute Gasteiger partial charge is 0.00370 e. The van der Waals surface area contributed by atoms with Gasteiger partial charge in [-0.25, -0.2) is 0 Å². The minimum Gasteiger partial charge on any atom is -0.102 e. The first-order chi connectivity index (χ1) is 12.1. The van der Waals surface area contributed by atoms with Crippen LogP contribution in [0.2, 0.25) is 0 Å². The lowest BCUT2D eigenvalue weighted by molar-refractivity contribution is 0.397. The second-order valence-electron chi connectivity index (χ2n) is 7.60. The van der Waals surface area contributed by atoms with Crippen LogP contribution in [0.15, 0.2) is 58.7 Å². The van der Waals surface area contributed by atoms with Crippen molar-refractivity contribution in [2.75, 3.05) is 0 Å². The van der Waals surface area contributed by atoms with Crippen molar-refractivity contribution in [2.45, 2.75) is 65.7 Å². The molecule has 0 aromatic carbocycles. The first kappa shape index (κ1) is 20.5. The Kier molecular flexibility index (Phi) is 8.49. The SMILES string of the molecule is C=CC(C1=C(C2CC=C(Br)CC2/C=C\CC)CCCC1)C(C)/C=C\C. The lowest BCUT2D eigenvalue weighted by Crippen LogP contribution is -2.24. The minimum atomic E-state index is 0.497. The maximum Gasteiger partial charge on any atom is 0.00370 e. The summed E-state index contributed by atoms with van der Waals surface area (Å²) in [5.41, 5.74) is 3.47. The van der Waals surface area contributed by atoms with E-state index in [0.29, 0.717) is 23.7 Å². The van der Waals surface area contributed by atoms with Gasteiger partial charge in [-0.05, 0) is 74.1 Å². The summed E-state index contributed by atoms with van der Waals surface area (Å²) in [6, 6.07) is 0. The fraction of sp³-hybridized carbons (Fsp3) is 0.583. The molecule has 0 fully saturated rings. The van der Waals surface area contributed by atoms with E-state index in [1.165, 1.54) is 36.6 Å². The molecule has 0 nitrogen and oxygen atoms in total. The largest absolute Gasteiger partial charge is 0.102 e. The van der Waals surface area contributed by atoms with E-state index in [-0.39, 0.29) is 0 Å². The molecule has 0 aromatic rings. The van der Waals surface area contributed by atoms with E-state index >= 15 is 0 Å². The lowest BCUT2D eigenvalue weighted by Gasteiger charge is -2.37. The van der Waals surface area contributed by atoms with E-state index in [4.69, 9.17) is 0 Å². The molecule has 0 amide bonds. The van der Waals surface area contributed by atoms with Gasteiger partial charge >= 0.3 is 0 Å². The average molecular weight is 403 g/mol. The first-order valence-corrected chi connectivity index (χ1v) is 10.9. The molecule has 2 aliphatic carbocycles. The summed E-state index contributed by atoms with van der Waals surface area (Å²) in [7, 11) is 0. The third-order valence-corrected chi connectivity index (χ3v) is 6.53. The zero-order valence-corrected chi connectivity index (χ0v) is 17.9. The molecule has 0 N–H and O–H groups in total. The zero-order valence-electron chi connectivity index (χ0n) is 16.3. The molecule has 1 heteroatoms. The van der Waals surface area contributed by atoms with Crippen LogP contribution in [0, 0.1) is 23.7 Å². The first-order valence-electron chi connectivity index (χ1n) is 10.1. The van der Waals surface area contributed by atoms with Crippen molar-refractivity contribution in [3.63, 3.8) is 0 Å². The van der Waals surface area contributed by atoms with Gasteiger partial charge in [-0.2, -0.15) is 0 Å². The van der Waals surface area contributed by atoms with Crippen LogP contribution >= 0.6 is 15.9 Å². The van der Waals surface area contributed by atoms with Crippen LogP contribution in [0.3, 0.4) is 0 Å². The molecule has 0 radical (unpaired) electrons. The van der Waals surface area contributed by atoms with Gasteiger partial charge in [-0.15, -0.1) is 6.58 Å². The minimum absolute atomic E-state index is 0.497. The quantitative estimate of drug-likeness (QED) is 0.376. The van der Waals surface area contributed by atoms with E-state index in [1.54, 1.807) is 11.1 Å².